The van der Waals surface area contributed by atoms with Gasteiger partial charge in [-0.1, -0.05) is 54.5 Å². The molecule has 0 aliphatic carbocycles. The van der Waals surface area contributed by atoms with Gasteiger partial charge in [0, 0.05) is 6.10 Å². The first kappa shape index (κ1) is 15.0. The summed E-state index contributed by atoms with van der Waals surface area (Å²) >= 11 is 0. The van der Waals surface area contributed by atoms with Crippen molar-refractivity contribution in [1.82, 2.24) is 0 Å². The predicted octanol–water partition coefficient (Wildman–Crippen LogP) is 5.29. The summed E-state index contributed by atoms with van der Waals surface area (Å²) in [6, 6.07) is 0. The van der Waals surface area contributed by atoms with Gasteiger partial charge in [-0.15, -0.1) is 6.58 Å². The SMILES string of the molecule is C=CC[C@H]1C[C@H](C)[Si](C(C)(C)C)(C(C)(C)C)O1. The van der Waals surface area contributed by atoms with Crippen LogP contribution in [0, 0.1) is 0 Å². The van der Waals surface area contributed by atoms with E-state index in [1.54, 1.807) is 0 Å². The molecule has 2 atom stereocenters. The summed E-state index contributed by atoms with van der Waals surface area (Å²) in [7, 11) is -1.79. The minimum Gasteiger partial charge on any atom is -0.412 e. The Kier molecular flexibility index (Phi) is 4.00. The zero-order valence-electron chi connectivity index (χ0n) is 12.8. The van der Waals surface area contributed by atoms with Crippen molar-refractivity contribution in [2.24, 2.45) is 0 Å². The normalized spacial score (nSPS) is 29.4. The molecular formula is C15H30OSi. The van der Waals surface area contributed by atoms with E-state index < -0.39 is 8.32 Å². The second kappa shape index (κ2) is 4.54. The first-order valence-electron chi connectivity index (χ1n) is 6.85. The molecule has 1 saturated heterocycles. The Bertz CT molecular complexity index is 268. The molecule has 0 aromatic rings. The monoisotopic (exact) mass is 254 g/mol. The van der Waals surface area contributed by atoms with Gasteiger partial charge in [0.2, 0.25) is 8.32 Å². The Hall–Kier alpha value is -0.0831. The molecule has 2 heteroatoms. The summed E-state index contributed by atoms with van der Waals surface area (Å²) in [5.41, 5.74) is 0.729. The fourth-order valence-corrected chi connectivity index (χ4v) is 11.7. The second-order valence-corrected chi connectivity index (χ2v) is 13.3. The minimum absolute atomic E-state index is 0.292. The third-order valence-electron chi connectivity index (χ3n) is 4.32. The molecule has 0 N–H and O–H groups in total. The van der Waals surface area contributed by atoms with E-state index in [-0.39, 0.29) is 0 Å². The van der Waals surface area contributed by atoms with Crippen molar-refractivity contribution < 1.29 is 4.43 Å². The molecule has 100 valence electrons. The van der Waals surface area contributed by atoms with Gasteiger partial charge >= 0.3 is 0 Å². The van der Waals surface area contributed by atoms with Gasteiger partial charge in [0.1, 0.15) is 0 Å². The van der Waals surface area contributed by atoms with E-state index in [1.807, 2.05) is 6.08 Å². The highest BCUT2D eigenvalue weighted by Crippen LogP contribution is 2.62. The molecule has 0 bridgehead atoms. The number of hydrogen-bond acceptors (Lipinski definition) is 1. The molecule has 1 heterocycles. The van der Waals surface area contributed by atoms with Crippen molar-refractivity contribution in [3.05, 3.63) is 12.7 Å². The topological polar surface area (TPSA) is 9.23 Å². The zero-order valence-corrected chi connectivity index (χ0v) is 13.8. The van der Waals surface area contributed by atoms with Crippen LogP contribution in [0.1, 0.15) is 61.3 Å². The summed E-state index contributed by atoms with van der Waals surface area (Å²) in [5.74, 6) is 0. The Balaban J connectivity index is 3.14. The highest BCUT2D eigenvalue weighted by molar-refractivity contribution is 6.81. The predicted molar refractivity (Wildman–Crippen MR) is 78.9 cm³/mol. The molecule has 0 amide bonds. The third-order valence-corrected chi connectivity index (χ3v) is 11.1. The summed E-state index contributed by atoms with van der Waals surface area (Å²) < 4.78 is 6.70. The third kappa shape index (κ3) is 2.39. The lowest BCUT2D eigenvalue weighted by molar-refractivity contribution is 0.200. The van der Waals surface area contributed by atoms with Crippen molar-refractivity contribution in [3.8, 4) is 0 Å². The maximum absolute atomic E-state index is 6.70. The Morgan fingerprint density at radius 2 is 1.65 bits per heavy atom. The van der Waals surface area contributed by atoms with Gasteiger partial charge in [0.15, 0.2) is 0 Å². The molecule has 1 nitrogen and oxygen atoms in total. The lowest BCUT2D eigenvalue weighted by Gasteiger charge is -2.50. The largest absolute Gasteiger partial charge is 0.412 e. The highest BCUT2D eigenvalue weighted by atomic mass is 28.4. The number of rotatable bonds is 2. The molecule has 17 heavy (non-hydrogen) atoms. The molecule has 0 aromatic carbocycles. The second-order valence-electron chi connectivity index (χ2n) is 7.64. The van der Waals surface area contributed by atoms with Gasteiger partial charge in [0.25, 0.3) is 0 Å². The van der Waals surface area contributed by atoms with Gasteiger partial charge in [-0.25, -0.2) is 0 Å². The molecule has 0 saturated carbocycles. The van der Waals surface area contributed by atoms with E-state index in [9.17, 15) is 0 Å². The molecule has 0 unspecified atom stereocenters. The fourth-order valence-electron chi connectivity index (χ4n) is 4.27. The van der Waals surface area contributed by atoms with E-state index in [0.717, 1.165) is 12.0 Å². The van der Waals surface area contributed by atoms with Crippen LogP contribution in [-0.2, 0) is 4.43 Å². The summed E-state index contributed by atoms with van der Waals surface area (Å²) in [4.78, 5) is 0. The smallest absolute Gasteiger partial charge is 0.206 e. The van der Waals surface area contributed by atoms with Crippen LogP contribution < -0.4 is 0 Å². The molecule has 1 aliphatic rings. The molecule has 1 fully saturated rings. The van der Waals surface area contributed by atoms with Gasteiger partial charge in [-0.3, -0.25) is 0 Å². The van der Waals surface area contributed by atoms with Gasteiger partial charge in [-0.2, -0.15) is 0 Å². The highest BCUT2D eigenvalue weighted by Gasteiger charge is 2.62. The Labute approximate surface area is 109 Å². The molecular weight excluding hydrogens is 224 g/mol. The molecule has 1 rings (SSSR count). The molecule has 0 aromatic heterocycles. The quantitative estimate of drug-likeness (QED) is 0.481. The molecule has 0 radical (unpaired) electrons. The maximum Gasteiger partial charge on any atom is 0.206 e. The van der Waals surface area contributed by atoms with Crippen molar-refractivity contribution >= 4 is 8.32 Å². The van der Waals surface area contributed by atoms with Crippen LogP contribution in [-0.4, -0.2) is 14.4 Å². The van der Waals surface area contributed by atoms with Crippen molar-refractivity contribution in [1.29, 1.82) is 0 Å². The van der Waals surface area contributed by atoms with Crippen LogP contribution in [0.4, 0.5) is 0 Å². The first-order valence-corrected chi connectivity index (χ1v) is 8.83. The van der Waals surface area contributed by atoms with E-state index in [4.69, 9.17) is 4.43 Å². The van der Waals surface area contributed by atoms with Crippen LogP contribution in [0.5, 0.6) is 0 Å². The summed E-state index contributed by atoms with van der Waals surface area (Å²) in [6.07, 6.45) is 4.64. The van der Waals surface area contributed by atoms with Crippen molar-refractivity contribution in [2.75, 3.05) is 0 Å². The van der Waals surface area contributed by atoms with Gasteiger partial charge in [-0.05, 0) is 28.5 Å². The average molecular weight is 254 g/mol. The Morgan fingerprint density at radius 1 is 1.18 bits per heavy atom. The standard InChI is InChI=1S/C15H30OSi/c1-9-10-13-11-12(2)17(16-13,14(3,4)5)15(6,7)8/h9,12-13H,1,10-11H2,2-8H3/t12-,13-/m0/s1. The first-order chi connectivity index (χ1) is 7.56. The summed E-state index contributed by atoms with van der Waals surface area (Å²) in [5, 5.41) is 0.584. The lowest BCUT2D eigenvalue weighted by atomic mass is 10.1. The van der Waals surface area contributed by atoms with E-state index >= 15 is 0 Å². The Morgan fingerprint density at radius 3 is 1.94 bits per heavy atom. The van der Waals surface area contributed by atoms with E-state index in [1.165, 1.54) is 6.42 Å². The van der Waals surface area contributed by atoms with Crippen LogP contribution in [0.25, 0.3) is 0 Å². The fraction of sp³-hybridized carbons (Fsp3) is 0.867. The lowest BCUT2D eigenvalue weighted by Crippen LogP contribution is -2.54. The van der Waals surface area contributed by atoms with Crippen LogP contribution in [0.15, 0.2) is 12.7 Å². The van der Waals surface area contributed by atoms with E-state index in [2.05, 4.69) is 55.0 Å². The van der Waals surface area contributed by atoms with Crippen LogP contribution in [0.2, 0.25) is 15.6 Å². The minimum atomic E-state index is -1.79. The maximum atomic E-state index is 6.70. The van der Waals surface area contributed by atoms with Gasteiger partial charge in [0.05, 0.1) is 0 Å². The average Bonchev–Trinajstić information content (AvgIpc) is 2.41. The van der Waals surface area contributed by atoms with Crippen LogP contribution >= 0.6 is 0 Å². The summed E-state index contributed by atoms with van der Waals surface area (Å²) in [6.45, 7) is 20.5. The van der Waals surface area contributed by atoms with Gasteiger partial charge < -0.3 is 4.43 Å². The molecule has 0 spiro atoms. The zero-order chi connectivity index (χ0) is 13.5. The van der Waals surface area contributed by atoms with Crippen LogP contribution in [0.3, 0.4) is 0 Å². The van der Waals surface area contributed by atoms with Crippen molar-refractivity contribution in [3.63, 3.8) is 0 Å². The van der Waals surface area contributed by atoms with Crippen molar-refractivity contribution in [2.45, 2.75) is 83.0 Å². The van der Waals surface area contributed by atoms with E-state index in [0.29, 0.717) is 16.2 Å². The number of hydrogen-bond donors (Lipinski definition) is 0. The molecule has 1 aliphatic heterocycles.